The molecule has 4 fully saturated rings. The van der Waals surface area contributed by atoms with Gasteiger partial charge >= 0.3 is 0 Å². The number of piperidine rings is 3. The van der Waals surface area contributed by atoms with Crippen LogP contribution in [-0.2, 0) is 22.7 Å². The summed E-state index contributed by atoms with van der Waals surface area (Å²) in [7, 11) is 0. The van der Waals surface area contributed by atoms with E-state index in [-0.39, 0.29) is 24.1 Å². The molecule has 3 amide bonds. The molecule has 1 aromatic rings. The van der Waals surface area contributed by atoms with Crippen LogP contribution in [0.25, 0.3) is 0 Å². The zero-order valence-corrected chi connectivity index (χ0v) is 15.2. The lowest BCUT2D eigenvalue weighted by atomic mass is 9.92. The Labute approximate surface area is 158 Å². The third-order valence-electron chi connectivity index (χ3n) is 6.44. The second-order valence-corrected chi connectivity index (χ2v) is 8.16. The minimum Gasteiger partial charge on any atom is -0.322 e. The molecule has 6 rings (SSSR count). The molecule has 5 heterocycles. The van der Waals surface area contributed by atoms with Crippen molar-refractivity contribution in [2.45, 2.75) is 56.9 Å². The van der Waals surface area contributed by atoms with Crippen LogP contribution in [-0.4, -0.2) is 58.7 Å². The fraction of sp³-hybridized carbons (Fsp3) is 0.550. The molecule has 2 N–H and O–H groups in total. The number of carbonyl (C=O) groups excluding carboxylic acids is 3. The van der Waals surface area contributed by atoms with E-state index in [4.69, 9.17) is 0 Å². The van der Waals surface area contributed by atoms with Crippen molar-refractivity contribution >= 4 is 17.7 Å². The first-order chi connectivity index (χ1) is 13.1. The minimum atomic E-state index is -0.546. The quantitative estimate of drug-likeness (QED) is 0.754. The van der Waals surface area contributed by atoms with Gasteiger partial charge in [0, 0.05) is 50.2 Å². The van der Waals surface area contributed by atoms with Crippen LogP contribution in [0.2, 0.25) is 0 Å². The van der Waals surface area contributed by atoms with Crippen molar-refractivity contribution in [1.82, 2.24) is 20.4 Å². The predicted molar refractivity (Wildman–Crippen MR) is 97.7 cm³/mol. The van der Waals surface area contributed by atoms with E-state index in [0.717, 1.165) is 30.8 Å². The Bertz CT molecular complexity index is 815. The van der Waals surface area contributed by atoms with Gasteiger partial charge in [0.1, 0.15) is 6.04 Å². The van der Waals surface area contributed by atoms with Crippen molar-refractivity contribution in [2.24, 2.45) is 0 Å². The number of rotatable bonds is 3. The first kappa shape index (κ1) is 16.9. The Morgan fingerprint density at radius 3 is 2.70 bits per heavy atom. The Hall–Kier alpha value is -2.25. The summed E-state index contributed by atoms with van der Waals surface area (Å²) in [6, 6.07) is 6.76. The molecule has 142 valence electrons. The van der Waals surface area contributed by atoms with E-state index >= 15 is 0 Å². The second-order valence-electron chi connectivity index (χ2n) is 8.16. The van der Waals surface area contributed by atoms with Gasteiger partial charge in [-0.3, -0.25) is 24.6 Å². The molecule has 1 aromatic carbocycles. The van der Waals surface area contributed by atoms with Crippen LogP contribution in [0.5, 0.6) is 0 Å². The van der Waals surface area contributed by atoms with Gasteiger partial charge in [-0.15, -0.1) is 0 Å². The second kappa shape index (κ2) is 6.42. The van der Waals surface area contributed by atoms with Gasteiger partial charge in [0.2, 0.25) is 11.8 Å². The number of benzene rings is 1. The van der Waals surface area contributed by atoms with Crippen molar-refractivity contribution in [2.75, 3.05) is 13.1 Å². The van der Waals surface area contributed by atoms with Crippen molar-refractivity contribution in [3.8, 4) is 0 Å². The summed E-state index contributed by atoms with van der Waals surface area (Å²) in [5, 5.41) is 5.92. The molecule has 3 unspecified atom stereocenters. The van der Waals surface area contributed by atoms with E-state index in [1.54, 1.807) is 4.90 Å². The molecule has 0 radical (unpaired) electrons. The molecular formula is C20H24N4O3. The van der Waals surface area contributed by atoms with Crippen molar-refractivity contribution in [3.05, 3.63) is 34.9 Å². The van der Waals surface area contributed by atoms with Gasteiger partial charge in [-0.1, -0.05) is 12.1 Å². The van der Waals surface area contributed by atoms with E-state index in [2.05, 4.69) is 21.6 Å². The molecule has 27 heavy (non-hydrogen) atoms. The fourth-order valence-electron chi connectivity index (χ4n) is 4.93. The number of imide groups is 1. The van der Waals surface area contributed by atoms with Gasteiger partial charge in [-0.05, 0) is 36.5 Å². The van der Waals surface area contributed by atoms with Crippen LogP contribution >= 0.6 is 0 Å². The number of amides is 3. The van der Waals surface area contributed by atoms with Gasteiger partial charge in [0.05, 0.1) is 0 Å². The molecule has 5 aliphatic rings. The Morgan fingerprint density at radius 2 is 2.00 bits per heavy atom. The summed E-state index contributed by atoms with van der Waals surface area (Å²) >= 11 is 0. The summed E-state index contributed by atoms with van der Waals surface area (Å²) in [5.41, 5.74) is 2.83. The third kappa shape index (κ3) is 2.95. The molecule has 0 aliphatic carbocycles. The first-order valence-electron chi connectivity index (χ1n) is 9.82. The topological polar surface area (TPSA) is 81.8 Å². The number of nitrogens with one attached hydrogen (secondary N) is 2. The van der Waals surface area contributed by atoms with E-state index in [1.807, 2.05) is 12.1 Å². The standard InChI is InChI=1S/C20H24N4O3/c25-18-6-5-17(19(26)22-18)24-10-13-2-1-12(7-16(13)20(24)27)9-23-11-14-3-4-15(23)8-21-14/h1-2,7,14-15,17,21H,3-6,8-11H2,(H,22,25,26). The van der Waals surface area contributed by atoms with E-state index < -0.39 is 6.04 Å². The molecule has 0 aromatic heterocycles. The average molecular weight is 368 g/mol. The molecule has 0 saturated carbocycles. The summed E-state index contributed by atoms with van der Waals surface area (Å²) in [5.74, 6) is -0.708. The monoisotopic (exact) mass is 368 g/mol. The average Bonchev–Trinajstić information content (AvgIpc) is 2.99. The lowest BCUT2D eigenvalue weighted by Crippen LogP contribution is -2.60. The maximum atomic E-state index is 12.9. The van der Waals surface area contributed by atoms with Gasteiger partial charge < -0.3 is 10.2 Å². The number of hydrogen-bond donors (Lipinski definition) is 2. The van der Waals surface area contributed by atoms with E-state index in [1.165, 1.54) is 12.8 Å². The summed E-state index contributed by atoms with van der Waals surface area (Å²) in [6.45, 7) is 3.43. The van der Waals surface area contributed by atoms with E-state index in [9.17, 15) is 14.4 Å². The van der Waals surface area contributed by atoms with Crippen LogP contribution in [0.4, 0.5) is 0 Å². The van der Waals surface area contributed by atoms with Gasteiger partial charge in [-0.25, -0.2) is 0 Å². The molecule has 3 atom stereocenters. The highest BCUT2D eigenvalue weighted by molar-refractivity contribution is 6.05. The number of piperazine rings is 1. The van der Waals surface area contributed by atoms with Gasteiger partial charge in [0.25, 0.3) is 5.91 Å². The molecule has 5 aliphatic heterocycles. The van der Waals surface area contributed by atoms with Crippen molar-refractivity contribution in [1.29, 1.82) is 0 Å². The van der Waals surface area contributed by atoms with Crippen LogP contribution in [0, 0.1) is 0 Å². The first-order valence-corrected chi connectivity index (χ1v) is 9.82. The zero-order valence-electron chi connectivity index (χ0n) is 15.2. The summed E-state index contributed by atoms with van der Waals surface area (Å²) in [6.07, 6.45) is 3.18. The maximum absolute atomic E-state index is 12.9. The summed E-state index contributed by atoms with van der Waals surface area (Å²) in [4.78, 5) is 40.6. The Morgan fingerprint density at radius 1 is 1.11 bits per heavy atom. The highest BCUT2D eigenvalue weighted by Crippen LogP contribution is 2.30. The zero-order chi connectivity index (χ0) is 18.5. The van der Waals surface area contributed by atoms with Crippen LogP contribution in [0.15, 0.2) is 18.2 Å². The molecule has 7 heteroatoms. The van der Waals surface area contributed by atoms with Gasteiger partial charge in [-0.2, -0.15) is 0 Å². The van der Waals surface area contributed by atoms with Crippen molar-refractivity contribution in [3.63, 3.8) is 0 Å². The predicted octanol–water partition coefficient (Wildman–Crippen LogP) is 0.384. The maximum Gasteiger partial charge on any atom is 0.255 e. The number of hydrogen-bond acceptors (Lipinski definition) is 5. The smallest absolute Gasteiger partial charge is 0.255 e. The molecule has 2 bridgehead atoms. The van der Waals surface area contributed by atoms with E-state index in [0.29, 0.717) is 30.6 Å². The molecule has 0 spiro atoms. The van der Waals surface area contributed by atoms with Gasteiger partial charge in [0.15, 0.2) is 0 Å². The normalized spacial score (nSPS) is 30.6. The minimum absolute atomic E-state index is 0.0943. The lowest BCUT2D eigenvalue weighted by molar-refractivity contribution is -0.136. The molecular weight excluding hydrogens is 344 g/mol. The third-order valence-corrected chi connectivity index (χ3v) is 6.44. The Balaban J connectivity index is 1.32. The SMILES string of the molecule is O=C1CCC(N2Cc3ccc(CN4CC5CCC4CN5)cc3C2=O)C(=O)N1. The van der Waals surface area contributed by atoms with Crippen LogP contribution < -0.4 is 10.6 Å². The highest BCUT2D eigenvalue weighted by Gasteiger charge is 2.39. The number of fused-ring (bicyclic) bond motifs is 4. The van der Waals surface area contributed by atoms with Crippen LogP contribution in [0.1, 0.15) is 47.2 Å². The number of nitrogens with zero attached hydrogens (tertiary/aromatic N) is 2. The van der Waals surface area contributed by atoms with Crippen LogP contribution in [0.3, 0.4) is 0 Å². The number of carbonyl (C=O) groups is 3. The lowest BCUT2D eigenvalue weighted by Gasteiger charge is -2.46. The Kier molecular flexibility index (Phi) is 4.02. The fourth-order valence-corrected chi connectivity index (χ4v) is 4.93. The molecule has 7 nitrogen and oxygen atoms in total. The highest BCUT2D eigenvalue weighted by atomic mass is 16.2. The van der Waals surface area contributed by atoms with Crippen molar-refractivity contribution < 1.29 is 14.4 Å². The molecule has 4 saturated heterocycles. The largest absolute Gasteiger partial charge is 0.322 e. The summed E-state index contributed by atoms with van der Waals surface area (Å²) < 4.78 is 0.